The first-order chi connectivity index (χ1) is 7.36. The lowest BCUT2D eigenvalue weighted by Gasteiger charge is -2.23. The zero-order valence-electron chi connectivity index (χ0n) is 9.11. The summed E-state index contributed by atoms with van der Waals surface area (Å²) >= 11 is 3.86. The number of nitrogens with one attached hydrogen (secondary N) is 1. The van der Waals surface area contributed by atoms with Crippen molar-refractivity contribution in [3.8, 4) is 0 Å². The highest BCUT2D eigenvalue weighted by Crippen LogP contribution is 2.25. The molecule has 2 unspecified atom stereocenters. The van der Waals surface area contributed by atoms with E-state index in [4.69, 9.17) is 0 Å². The average Bonchev–Trinajstić information content (AvgIpc) is 2.81. The van der Waals surface area contributed by atoms with Crippen LogP contribution >= 0.6 is 23.1 Å². The minimum atomic E-state index is 0.410. The van der Waals surface area contributed by atoms with Crippen LogP contribution in [0.25, 0.3) is 0 Å². The van der Waals surface area contributed by atoms with E-state index in [1.807, 2.05) is 11.6 Å². The highest BCUT2D eigenvalue weighted by Gasteiger charge is 2.15. The van der Waals surface area contributed by atoms with Gasteiger partial charge in [0.2, 0.25) is 0 Å². The Bertz CT molecular complexity index is 268. The topological polar surface area (TPSA) is 24.9 Å². The lowest BCUT2D eigenvalue weighted by Crippen LogP contribution is -2.28. The number of aromatic nitrogens is 1. The van der Waals surface area contributed by atoms with Crippen LogP contribution < -0.4 is 5.32 Å². The number of rotatable bonds is 4. The predicted octanol–water partition coefficient (Wildman–Crippen LogP) is 3.08. The smallest absolute Gasteiger partial charge is 0.109 e. The molecule has 15 heavy (non-hydrogen) atoms. The summed E-state index contributed by atoms with van der Waals surface area (Å²) in [5.74, 6) is 1.35. The van der Waals surface area contributed by atoms with Gasteiger partial charge in [-0.3, -0.25) is 0 Å². The highest BCUT2D eigenvalue weighted by molar-refractivity contribution is 7.99. The fraction of sp³-hybridized carbons (Fsp3) is 0.727. The molecule has 0 bridgehead atoms. The molecule has 1 N–H and O–H groups in total. The van der Waals surface area contributed by atoms with E-state index in [1.165, 1.54) is 30.0 Å². The molecule has 0 radical (unpaired) electrons. The Morgan fingerprint density at radius 1 is 1.60 bits per heavy atom. The first-order valence-electron chi connectivity index (χ1n) is 5.60. The molecule has 4 heteroatoms. The molecule has 84 valence electrons. The maximum absolute atomic E-state index is 4.33. The van der Waals surface area contributed by atoms with E-state index in [2.05, 4.69) is 29.0 Å². The van der Waals surface area contributed by atoms with E-state index in [0.29, 0.717) is 6.04 Å². The van der Waals surface area contributed by atoms with Crippen molar-refractivity contribution < 1.29 is 0 Å². The van der Waals surface area contributed by atoms with Gasteiger partial charge < -0.3 is 5.32 Å². The summed E-state index contributed by atoms with van der Waals surface area (Å²) in [6.45, 7) is 3.33. The lowest BCUT2D eigenvalue weighted by molar-refractivity contribution is 0.537. The first kappa shape index (κ1) is 11.4. The van der Waals surface area contributed by atoms with Gasteiger partial charge in [-0.25, -0.2) is 4.98 Å². The van der Waals surface area contributed by atoms with Gasteiger partial charge in [0.25, 0.3) is 0 Å². The largest absolute Gasteiger partial charge is 0.307 e. The SMILES string of the molecule is CC(NCC1CCCCS1)c1nccs1. The monoisotopic (exact) mass is 242 g/mol. The third kappa shape index (κ3) is 3.47. The number of nitrogens with zero attached hydrogens (tertiary/aromatic N) is 1. The molecule has 0 spiro atoms. The van der Waals surface area contributed by atoms with Crippen LogP contribution in [0, 0.1) is 0 Å². The Hall–Kier alpha value is -0.0600. The number of hydrogen-bond donors (Lipinski definition) is 1. The summed E-state index contributed by atoms with van der Waals surface area (Å²) in [5.41, 5.74) is 0. The lowest BCUT2D eigenvalue weighted by atomic mass is 10.2. The van der Waals surface area contributed by atoms with Crippen molar-refractivity contribution in [3.05, 3.63) is 16.6 Å². The fourth-order valence-electron chi connectivity index (χ4n) is 1.81. The van der Waals surface area contributed by atoms with Gasteiger partial charge in [0.15, 0.2) is 0 Å². The van der Waals surface area contributed by atoms with E-state index in [0.717, 1.165) is 11.8 Å². The molecule has 1 saturated heterocycles. The summed E-state index contributed by atoms with van der Waals surface area (Å²) in [6, 6.07) is 0.410. The Balaban J connectivity index is 1.73. The van der Waals surface area contributed by atoms with Crippen molar-refractivity contribution in [1.82, 2.24) is 10.3 Å². The van der Waals surface area contributed by atoms with Crippen molar-refractivity contribution in [2.45, 2.75) is 37.5 Å². The van der Waals surface area contributed by atoms with E-state index >= 15 is 0 Å². The Kier molecular flexibility index (Phi) is 4.47. The third-order valence-corrected chi connectivity index (χ3v) is 5.10. The molecule has 2 nitrogen and oxygen atoms in total. The molecule has 0 aromatic carbocycles. The van der Waals surface area contributed by atoms with Crippen molar-refractivity contribution in [2.24, 2.45) is 0 Å². The fourth-order valence-corrected chi connectivity index (χ4v) is 3.73. The molecule has 2 rings (SSSR count). The Morgan fingerprint density at radius 3 is 3.20 bits per heavy atom. The number of thiazole rings is 1. The molecule has 1 aromatic heterocycles. The van der Waals surface area contributed by atoms with Crippen LogP contribution in [0.2, 0.25) is 0 Å². The highest BCUT2D eigenvalue weighted by atomic mass is 32.2. The molecule has 0 saturated carbocycles. The maximum atomic E-state index is 4.33. The molecule has 2 atom stereocenters. The van der Waals surface area contributed by atoms with Crippen molar-refractivity contribution in [1.29, 1.82) is 0 Å². The average molecular weight is 242 g/mol. The van der Waals surface area contributed by atoms with Crippen molar-refractivity contribution in [2.75, 3.05) is 12.3 Å². The summed E-state index contributed by atoms with van der Waals surface area (Å²) in [7, 11) is 0. The van der Waals surface area contributed by atoms with Crippen LogP contribution in [0.4, 0.5) is 0 Å². The van der Waals surface area contributed by atoms with Crippen molar-refractivity contribution in [3.63, 3.8) is 0 Å². The third-order valence-electron chi connectivity index (χ3n) is 2.75. The van der Waals surface area contributed by atoms with E-state index < -0.39 is 0 Å². The van der Waals surface area contributed by atoms with Crippen LogP contribution in [0.15, 0.2) is 11.6 Å². The van der Waals surface area contributed by atoms with Gasteiger partial charge in [-0.15, -0.1) is 11.3 Å². The normalized spacial score (nSPS) is 23.9. The van der Waals surface area contributed by atoms with Gasteiger partial charge in [0.05, 0.1) is 6.04 Å². The van der Waals surface area contributed by atoms with Gasteiger partial charge in [-0.1, -0.05) is 6.42 Å². The van der Waals surface area contributed by atoms with Gasteiger partial charge in [0, 0.05) is 23.4 Å². The summed E-state index contributed by atoms with van der Waals surface area (Å²) in [4.78, 5) is 4.33. The molecule has 0 amide bonds. The zero-order valence-corrected chi connectivity index (χ0v) is 10.7. The second-order valence-corrected chi connectivity index (χ2v) is 6.32. The maximum Gasteiger partial charge on any atom is 0.109 e. The van der Waals surface area contributed by atoms with Crippen LogP contribution in [-0.2, 0) is 0 Å². The molecule has 1 aromatic rings. The van der Waals surface area contributed by atoms with Crippen molar-refractivity contribution >= 4 is 23.1 Å². The summed E-state index contributed by atoms with van der Waals surface area (Å²) in [6.07, 6.45) is 6.07. The van der Waals surface area contributed by atoms with Crippen LogP contribution in [0.1, 0.15) is 37.2 Å². The Morgan fingerprint density at radius 2 is 2.53 bits per heavy atom. The van der Waals surface area contributed by atoms with Gasteiger partial charge in [-0.05, 0) is 25.5 Å². The quantitative estimate of drug-likeness (QED) is 0.878. The minimum Gasteiger partial charge on any atom is -0.307 e. The standard InChI is InChI=1S/C11H18N2S2/c1-9(11-12-5-7-15-11)13-8-10-4-2-3-6-14-10/h5,7,9-10,13H,2-4,6,8H2,1H3. The molecule has 1 fully saturated rings. The second-order valence-electron chi connectivity index (χ2n) is 3.99. The molecular formula is C11H18N2S2. The van der Waals surface area contributed by atoms with Gasteiger partial charge >= 0.3 is 0 Å². The van der Waals surface area contributed by atoms with Crippen LogP contribution in [0.5, 0.6) is 0 Å². The predicted molar refractivity (Wildman–Crippen MR) is 68.6 cm³/mol. The summed E-state index contributed by atoms with van der Waals surface area (Å²) in [5, 5.41) is 7.65. The van der Waals surface area contributed by atoms with Gasteiger partial charge in [-0.2, -0.15) is 11.8 Å². The molecular weight excluding hydrogens is 224 g/mol. The molecule has 1 aliphatic heterocycles. The molecule has 0 aliphatic carbocycles. The Labute approximate surface area is 99.9 Å². The van der Waals surface area contributed by atoms with E-state index in [-0.39, 0.29) is 0 Å². The first-order valence-corrected chi connectivity index (χ1v) is 7.53. The van der Waals surface area contributed by atoms with Crippen LogP contribution in [0.3, 0.4) is 0 Å². The molecule has 2 heterocycles. The zero-order chi connectivity index (χ0) is 10.5. The second kappa shape index (κ2) is 5.87. The number of thioether (sulfide) groups is 1. The van der Waals surface area contributed by atoms with Gasteiger partial charge in [0.1, 0.15) is 5.01 Å². The number of hydrogen-bond acceptors (Lipinski definition) is 4. The van der Waals surface area contributed by atoms with Crippen LogP contribution in [-0.4, -0.2) is 22.5 Å². The molecule has 1 aliphatic rings. The minimum absolute atomic E-state index is 0.410. The summed E-state index contributed by atoms with van der Waals surface area (Å²) < 4.78 is 0. The van der Waals surface area contributed by atoms with E-state index in [1.54, 1.807) is 11.3 Å². The van der Waals surface area contributed by atoms with E-state index in [9.17, 15) is 0 Å².